The van der Waals surface area contributed by atoms with Gasteiger partial charge in [-0.15, -0.1) is 0 Å². The zero-order valence-corrected chi connectivity index (χ0v) is 21.3. The van der Waals surface area contributed by atoms with E-state index in [1.165, 1.54) is 20.3 Å². The van der Waals surface area contributed by atoms with E-state index >= 15 is 0 Å². The van der Waals surface area contributed by atoms with Gasteiger partial charge in [0.15, 0.2) is 11.6 Å². The molecule has 3 aromatic carbocycles. The van der Waals surface area contributed by atoms with Crippen LogP contribution in [0.4, 0.5) is 28.7 Å². The van der Waals surface area contributed by atoms with Crippen molar-refractivity contribution in [1.29, 1.82) is 0 Å². The number of methoxy groups -OCH3 is 2. The van der Waals surface area contributed by atoms with E-state index < -0.39 is 22.8 Å². The maximum absolute atomic E-state index is 12.6. The summed E-state index contributed by atoms with van der Waals surface area (Å²) in [5, 5.41) is 15.9. The Kier molecular flexibility index (Phi) is 6.85. The summed E-state index contributed by atoms with van der Waals surface area (Å²) in [5.41, 5.74) is 0.702. The Balaban J connectivity index is 1.59. The van der Waals surface area contributed by atoms with E-state index in [2.05, 4.69) is 20.6 Å². The average Bonchev–Trinajstić information content (AvgIpc) is 3.67. The van der Waals surface area contributed by atoms with Gasteiger partial charge in [-0.3, -0.25) is 13.3 Å². The molecule has 11 nitrogen and oxygen atoms in total. The summed E-state index contributed by atoms with van der Waals surface area (Å²) in [4.78, 5) is 21.6. The molecule has 3 N–H and O–H groups in total. The van der Waals surface area contributed by atoms with E-state index in [4.69, 9.17) is 9.47 Å². The van der Waals surface area contributed by atoms with Gasteiger partial charge in [0.25, 0.3) is 5.91 Å². The van der Waals surface area contributed by atoms with Crippen LogP contribution in [0.1, 0.15) is 12.8 Å². The fourth-order valence-corrected chi connectivity index (χ4v) is 4.37. The van der Waals surface area contributed by atoms with Crippen molar-refractivity contribution in [1.82, 2.24) is 9.97 Å². The molecule has 4 aromatic rings. The molecule has 0 aliphatic heterocycles. The van der Waals surface area contributed by atoms with Gasteiger partial charge in [0.1, 0.15) is 17.1 Å². The number of amides is 1. The summed E-state index contributed by atoms with van der Waals surface area (Å²) in [5.74, 6) is 0.664. The van der Waals surface area contributed by atoms with Gasteiger partial charge in [0, 0.05) is 29.6 Å². The highest BCUT2D eigenvalue weighted by molar-refractivity contribution is 7.81. The lowest BCUT2D eigenvalue weighted by Crippen LogP contribution is -2.29. The molecule has 1 amide bonds. The summed E-state index contributed by atoms with van der Waals surface area (Å²) < 4.78 is 36.9. The van der Waals surface area contributed by atoms with Gasteiger partial charge in [-0.25, -0.2) is 9.97 Å². The van der Waals surface area contributed by atoms with Crippen molar-refractivity contribution in [3.8, 4) is 11.5 Å². The van der Waals surface area contributed by atoms with E-state index in [9.17, 15) is 18.7 Å². The Bertz CT molecular complexity index is 1520. The normalized spacial score (nSPS) is 14.4. The minimum Gasteiger partial charge on any atom is -0.755 e. The number of aliphatic hydroxyl groups is 1. The first-order chi connectivity index (χ1) is 18.3. The van der Waals surface area contributed by atoms with Crippen molar-refractivity contribution < 1.29 is 28.1 Å². The fourth-order valence-electron chi connectivity index (χ4n) is 3.81. The Morgan fingerprint density at radius 1 is 0.974 bits per heavy atom. The number of nitrogens with zero attached hydrogens (tertiary/aromatic N) is 3. The van der Waals surface area contributed by atoms with E-state index in [1.807, 2.05) is 0 Å². The highest BCUT2D eigenvalue weighted by Crippen LogP contribution is 2.38. The Morgan fingerprint density at radius 3 is 2.24 bits per heavy atom. The number of fused-ring (bicyclic) bond motifs is 1. The third kappa shape index (κ3) is 5.23. The summed E-state index contributed by atoms with van der Waals surface area (Å²) in [6.45, 7) is 0. The molecule has 196 valence electrons. The lowest BCUT2D eigenvalue weighted by molar-refractivity contribution is -0.125. The molecule has 0 spiro atoms. The molecule has 1 aliphatic rings. The molecule has 1 saturated carbocycles. The van der Waals surface area contributed by atoms with Crippen LogP contribution in [0.25, 0.3) is 11.0 Å². The molecular formula is C26H24N5O6S-. The molecular weight excluding hydrogens is 510 g/mol. The van der Waals surface area contributed by atoms with Crippen molar-refractivity contribution in [2.24, 2.45) is 0 Å². The molecule has 0 bridgehead atoms. The molecule has 1 atom stereocenters. The maximum atomic E-state index is 12.6. The van der Waals surface area contributed by atoms with Crippen molar-refractivity contribution in [3.63, 3.8) is 0 Å². The first-order valence-corrected chi connectivity index (χ1v) is 12.6. The highest BCUT2D eigenvalue weighted by atomic mass is 32.2. The molecule has 0 saturated heterocycles. The van der Waals surface area contributed by atoms with E-state index in [0.717, 1.165) is 4.31 Å². The third-order valence-electron chi connectivity index (χ3n) is 5.99. The van der Waals surface area contributed by atoms with Crippen molar-refractivity contribution >= 4 is 56.9 Å². The topological polar surface area (TPSA) is 149 Å². The predicted molar refractivity (Wildman–Crippen MR) is 143 cm³/mol. The van der Waals surface area contributed by atoms with E-state index in [-0.39, 0.29) is 17.3 Å². The molecule has 38 heavy (non-hydrogen) atoms. The molecule has 1 fully saturated rings. The van der Waals surface area contributed by atoms with Crippen LogP contribution < -0.4 is 24.4 Å². The van der Waals surface area contributed by atoms with Gasteiger partial charge in [-0.05, 0) is 43.2 Å². The zero-order valence-electron chi connectivity index (χ0n) is 20.5. The van der Waals surface area contributed by atoms with Crippen LogP contribution in [-0.4, -0.2) is 49.6 Å². The number of carbonyl (C=O) groups is 1. The van der Waals surface area contributed by atoms with Crippen LogP contribution in [0.5, 0.6) is 11.5 Å². The van der Waals surface area contributed by atoms with Crippen molar-refractivity contribution in [2.75, 3.05) is 29.2 Å². The second-order valence-electron chi connectivity index (χ2n) is 8.66. The first kappa shape index (κ1) is 25.4. The number of ether oxygens (including phenoxy) is 2. The number of anilines is 5. The number of nitrogens with one attached hydrogen (secondary N) is 2. The lowest BCUT2D eigenvalue weighted by Gasteiger charge is -2.27. The molecule has 12 heteroatoms. The largest absolute Gasteiger partial charge is 0.755 e. The lowest BCUT2D eigenvalue weighted by atomic mass is 10.2. The average molecular weight is 535 g/mol. The number of aromatic nitrogens is 2. The number of benzene rings is 3. The number of para-hydroxylation sites is 2. The standard InChI is InChI=1S/C26H25N5O6S/c1-36-19-13-17(14-20(15-19)37-2)27-23-24(30-22-9-4-3-8-21(22)29-23)31(38(34)35)18-7-5-6-16(12-18)28-25(32)26(33)10-11-26/h3-9,12-15,33H,10-11H2,1-2H3,(H,27,29)(H,28,32)(H,34,35)/p-1. The summed E-state index contributed by atoms with van der Waals surface area (Å²) in [6, 6.07) is 18.4. The van der Waals surface area contributed by atoms with Gasteiger partial charge >= 0.3 is 0 Å². The molecule has 1 unspecified atom stereocenters. The van der Waals surface area contributed by atoms with Crippen LogP contribution in [0.15, 0.2) is 66.7 Å². The fraction of sp³-hybridized carbons (Fsp3) is 0.192. The monoisotopic (exact) mass is 534 g/mol. The SMILES string of the molecule is COc1cc(Nc2nc3ccccc3nc2N(c2cccc(NC(=O)C3(O)CC3)c2)S(=O)[O-])cc(OC)c1. The Labute approximate surface area is 220 Å². The minimum atomic E-state index is -2.82. The molecule has 1 heterocycles. The van der Waals surface area contributed by atoms with Gasteiger partial charge < -0.3 is 29.8 Å². The second-order valence-corrected chi connectivity index (χ2v) is 9.46. The molecule has 1 aliphatic carbocycles. The summed E-state index contributed by atoms with van der Waals surface area (Å²) in [6.07, 6.45) is 0.762. The van der Waals surface area contributed by atoms with Crippen molar-refractivity contribution in [2.45, 2.75) is 18.4 Å². The van der Waals surface area contributed by atoms with E-state index in [0.29, 0.717) is 46.7 Å². The van der Waals surface area contributed by atoms with Crippen LogP contribution in [0.3, 0.4) is 0 Å². The summed E-state index contributed by atoms with van der Waals surface area (Å²) in [7, 11) is 3.05. The third-order valence-corrected chi connectivity index (χ3v) is 6.67. The van der Waals surface area contributed by atoms with Crippen LogP contribution in [-0.2, 0) is 16.1 Å². The molecule has 0 radical (unpaired) electrons. The maximum Gasteiger partial charge on any atom is 0.256 e. The highest BCUT2D eigenvalue weighted by Gasteiger charge is 2.48. The zero-order chi connectivity index (χ0) is 26.9. The van der Waals surface area contributed by atoms with Crippen LogP contribution >= 0.6 is 0 Å². The van der Waals surface area contributed by atoms with Gasteiger partial charge in [-0.2, -0.15) is 0 Å². The first-order valence-electron chi connectivity index (χ1n) is 11.6. The van der Waals surface area contributed by atoms with Gasteiger partial charge in [0.2, 0.25) is 0 Å². The van der Waals surface area contributed by atoms with Crippen LogP contribution in [0.2, 0.25) is 0 Å². The smallest absolute Gasteiger partial charge is 0.256 e. The quantitative estimate of drug-likeness (QED) is 0.273. The number of hydrogen-bond donors (Lipinski definition) is 3. The van der Waals surface area contributed by atoms with Crippen LogP contribution in [0, 0.1) is 0 Å². The number of carbonyl (C=O) groups excluding carboxylic acids is 1. The predicted octanol–water partition coefficient (Wildman–Crippen LogP) is 3.79. The summed E-state index contributed by atoms with van der Waals surface area (Å²) >= 11 is -2.82. The Morgan fingerprint density at radius 2 is 1.63 bits per heavy atom. The van der Waals surface area contributed by atoms with Crippen molar-refractivity contribution in [3.05, 3.63) is 66.7 Å². The van der Waals surface area contributed by atoms with Gasteiger partial charge in [-0.1, -0.05) is 18.2 Å². The number of rotatable bonds is 9. The Hall–Kier alpha value is -4.26. The number of hydrogen-bond acceptors (Lipinski definition) is 9. The van der Waals surface area contributed by atoms with E-state index in [1.54, 1.807) is 60.7 Å². The molecule has 1 aromatic heterocycles. The molecule has 5 rings (SSSR count). The second kappa shape index (κ2) is 10.2. The van der Waals surface area contributed by atoms with Gasteiger partial charge in [0.05, 0.1) is 42.2 Å². The minimum absolute atomic E-state index is 0.00289.